The molecule has 2 saturated heterocycles. The van der Waals surface area contributed by atoms with E-state index in [1.165, 1.54) is 0 Å². The van der Waals surface area contributed by atoms with Crippen LogP contribution in [0.15, 0.2) is 0 Å². The Morgan fingerprint density at radius 1 is 0.833 bits per heavy atom. The molecule has 2 rings (SSSR count). The van der Waals surface area contributed by atoms with E-state index in [0.717, 1.165) is 0 Å². The summed E-state index contributed by atoms with van der Waals surface area (Å²) in [6.07, 6.45) is -0.443. The molecular weight excluding hydrogens is 164 g/mol. The van der Waals surface area contributed by atoms with Gasteiger partial charge in [0.15, 0.2) is 19.9 Å². The van der Waals surface area contributed by atoms with Crippen molar-refractivity contribution in [1.29, 1.82) is 0 Å². The summed E-state index contributed by atoms with van der Waals surface area (Å²) in [6, 6.07) is 0. The molecule has 0 aromatic carbocycles. The van der Waals surface area contributed by atoms with Crippen molar-refractivity contribution in [2.24, 2.45) is 0 Å². The molecule has 0 spiro atoms. The highest BCUT2D eigenvalue weighted by atomic mass is 16.9. The third-order valence-corrected chi connectivity index (χ3v) is 1.78. The highest BCUT2D eigenvalue weighted by Crippen LogP contribution is 2.13. The van der Waals surface area contributed by atoms with Crippen LogP contribution < -0.4 is 0 Å². The number of ether oxygens (including phenoxy) is 5. The summed E-state index contributed by atoms with van der Waals surface area (Å²) in [5, 5.41) is 0. The van der Waals surface area contributed by atoms with Gasteiger partial charge in [0, 0.05) is 0 Å². The monoisotopic (exact) mass is 176 g/mol. The summed E-state index contributed by atoms with van der Waals surface area (Å²) in [5.41, 5.74) is 0. The molecule has 5 nitrogen and oxygen atoms in total. The first kappa shape index (κ1) is 8.40. The maximum absolute atomic E-state index is 5.39. The van der Waals surface area contributed by atoms with Crippen LogP contribution in [0.1, 0.15) is 0 Å². The second-order valence-corrected chi connectivity index (χ2v) is 2.63. The van der Waals surface area contributed by atoms with Crippen LogP contribution in [0.4, 0.5) is 0 Å². The van der Waals surface area contributed by atoms with Gasteiger partial charge in [-0.15, -0.1) is 0 Å². The van der Waals surface area contributed by atoms with E-state index in [0.29, 0.717) is 19.8 Å². The molecule has 0 bridgehead atoms. The van der Waals surface area contributed by atoms with Gasteiger partial charge in [0.05, 0.1) is 19.8 Å². The minimum atomic E-state index is -0.334. The van der Waals surface area contributed by atoms with Crippen LogP contribution in [-0.4, -0.2) is 45.8 Å². The van der Waals surface area contributed by atoms with Gasteiger partial charge in [-0.1, -0.05) is 0 Å². The van der Waals surface area contributed by atoms with E-state index in [-0.39, 0.29) is 26.0 Å². The molecule has 70 valence electrons. The van der Waals surface area contributed by atoms with Crippen LogP contribution in [0.2, 0.25) is 0 Å². The molecule has 5 heteroatoms. The molecule has 0 saturated carbocycles. The molecule has 0 aliphatic carbocycles. The summed E-state index contributed by atoms with van der Waals surface area (Å²) >= 11 is 0. The van der Waals surface area contributed by atoms with Crippen LogP contribution in [0, 0.1) is 0 Å². The van der Waals surface area contributed by atoms with Crippen molar-refractivity contribution in [1.82, 2.24) is 0 Å². The van der Waals surface area contributed by atoms with Crippen molar-refractivity contribution in [3.05, 3.63) is 0 Å². The maximum atomic E-state index is 5.39. The molecule has 0 radical (unpaired) electrons. The molecule has 0 N–H and O–H groups in total. The lowest BCUT2D eigenvalue weighted by Crippen LogP contribution is -2.44. The number of rotatable bonds is 1. The van der Waals surface area contributed by atoms with Gasteiger partial charge in [-0.05, 0) is 0 Å². The van der Waals surface area contributed by atoms with Crippen molar-refractivity contribution >= 4 is 0 Å². The summed E-state index contributed by atoms with van der Waals surface area (Å²) < 4.78 is 25.8. The second-order valence-electron chi connectivity index (χ2n) is 2.63. The lowest BCUT2D eigenvalue weighted by molar-refractivity contribution is -0.335. The fraction of sp³-hybridized carbons (Fsp3) is 1.00. The van der Waals surface area contributed by atoms with Gasteiger partial charge in [0.25, 0.3) is 0 Å². The molecule has 0 aromatic rings. The van der Waals surface area contributed by atoms with Gasteiger partial charge in [-0.2, -0.15) is 0 Å². The molecule has 2 aliphatic rings. The van der Waals surface area contributed by atoms with E-state index in [9.17, 15) is 0 Å². The normalized spacial score (nSPS) is 33.5. The Bertz CT molecular complexity index is 112. The molecule has 12 heavy (non-hydrogen) atoms. The third kappa shape index (κ3) is 1.94. The number of hydrogen-bond donors (Lipinski definition) is 0. The van der Waals surface area contributed by atoms with E-state index >= 15 is 0 Å². The van der Waals surface area contributed by atoms with Gasteiger partial charge in [0.2, 0.25) is 0 Å². The molecule has 0 amide bonds. The Hall–Kier alpha value is -0.200. The second kappa shape index (κ2) is 4.15. The van der Waals surface area contributed by atoms with Crippen LogP contribution in [0.3, 0.4) is 0 Å². The van der Waals surface area contributed by atoms with Gasteiger partial charge >= 0.3 is 0 Å². The summed E-state index contributed by atoms with van der Waals surface area (Å²) in [6.45, 7) is 2.33. The summed E-state index contributed by atoms with van der Waals surface area (Å²) in [5.74, 6) is 0. The third-order valence-electron chi connectivity index (χ3n) is 1.78. The summed E-state index contributed by atoms with van der Waals surface area (Å²) in [4.78, 5) is 0. The van der Waals surface area contributed by atoms with E-state index in [1.807, 2.05) is 0 Å². The quantitative estimate of drug-likeness (QED) is 0.549. The van der Waals surface area contributed by atoms with E-state index < -0.39 is 0 Å². The zero-order valence-electron chi connectivity index (χ0n) is 6.73. The fourth-order valence-electron chi connectivity index (χ4n) is 1.19. The molecule has 1 unspecified atom stereocenters. The SMILES string of the molecule is C1COC(C2OCOCO2)CO1. The minimum Gasteiger partial charge on any atom is -0.376 e. The van der Waals surface area contributed by atoms with Crippen LogP contribution in [-0.2, 0) is 23.7 Å². The van der Waals surface area contributed by atoms with Gasteiger partial charge in [-0.3, -0.25) is 0 Å². The average molecular weight is 176 g/mol. The molecule has 0 aromatic heterocycles. The Kier molecular flexibility index (Phi) is 2.91. The largest absolute Gasteiger partial charge is 0.376 e. The van der Waals surface area contributed by atoms with Gasteiger partial charge in [0.1, 0.15) is 6.10 Å². The highest BCUT2D eigenvalue weighted by molar-refractivity contribution is 4.65. The summed E-state index contributed by atoms with van der Waals surface area (Å²) in [7, 11) is 0. The maximum Gasteiger partial charge on any atom is 0.191 e. The van der Waals surface area contributed by atoms with E-state index in [4.69, 9.17) is 23.7 Å². The lowest BCUT2D eigenvalue weighted by Gasteiger charge is -2.32. The molecule has 2 heterocycles. The van der Waals surface area contributed by atoms with E-state index in [1.54, 1.807) is 0 Å². The molecule has 2 fully saturated rings. The van der Waals surface area contributed by atoms with Gasteiger partial charge in [-0.25, -0.2) is 0 Å². The molecule has 1 atom stereocenters. The van der Waals surface area contributed by atoms with Crippen LogP contribution in [0.5, 0.6) is 0 Å². The van der Waals surface area contributed by atoms with Gasteiger partial charge < -0.3 is 23.7 Å². The molecular formula is C7H12O5. The standard InChI is InChI=1S/C7H12O5/c1-2-10-6(3-8-1)7-11-4-9-5-12-7/h6-7H,1-5H2. The van der Waals surface area contributed by atoms with Crippen molar-refractivity contribution in [3.8, 4) is 0 Å². The number of hydrogen-bond acceptors (Lipinski definition) is 5. The molecule has 2 aliphatic heterocycles. The predicted octanol–water partition coefficient (Wildman–Crippen LogP) is -0.294. The van der Waals surface area contributed by atoms with Crippen molar-refractivity contribution in [3.63, 3.8) is 0 Å². The predicted molar refractivity (Wildman–Crippen MR) is 37.3 cm³/mol. The Balaban J connectivity index is 1.80. The Labute approximate surface area is 70.5 Å². The first-order valence-corrected chi connectivity index (χ1v) is 3.97. The highest BCUT2D eigenvalue weighted by Gasteiger charge is 2.28. The lowest BCUT2D eigenvalue weighted by atomic mass is 10.3. The average Bonchev–Trinajstić information content (AvgIpc) is 2.21. The Morgan fingerprint density at radius 2 is 1.67 bits per heavy atom. The topological polar surface area (TPSA) is 46.2 Å². The van der Waals surface area contributed by atoms with Crippen molar-refractivity contribution in [2.45, 2.75) is 12.4 Å². The minimum absolute atomic E-state index is 0.109. The smallest absolute Gasteiger partial charge is 0.191 e. The zero-order chi connectivity index (χ0) is 8.23. The zero-order valence-corrected chi connectivity index (χ0v) is 6.73. The fourth-order valence-corrected chi connectivity index (χ4v) is 1.19. The first-order chi connectivity index (χ1) is 5.97. The van der Waals surface area contributed by atoms with Crippen molar-refractivity contribution in [2.75, 3.05) is 33.4 Å². The first-order valence-electron chi connectivity index (χ1n) is 3.97. The van der Waals surface area contributed by atoms with Crippen LogP contribution >= 0.6 is 0 Å². The van der Waals surface area contributed by atoms with Crippen molar-refractivity contribution < 1.29 is 23.7 Å². The van der Waals surface area contributed by atoms with E-state index in [2.05, 4.69) is 0 Å². The van der Waals surface area contributed by atoms with Crippen LogP contribution in [0.25, 0.3) is 0 Å². The Morgan fingerprint density at radius 3 is 2.33 bits per heavy atom.